The molecule has 0 amide bonds. The molecular weight excluding hydrogens is 428 g/mol. The number of hydrogen-bond donors (Lipinski definition) is 1. The number of carbonyl (C=O) groups is 1. The standard InChI is InChI=1S/C21H17ClN2O3S2/c1-14-16(22)8-5-9-17(14)23-12-19-20(25)21-18(10-11-28-21)24(29(19,26)27)13-15-6-3-2-4-7-15/h2-12,23H,13H2,1H3/b19-12-. The van der Waals surface area contributed by atoms with Gasteiger partial charge in [0.1, 0.15) is 4.88 Å². The Hall–Kier alpha value is -2.61. The number of rotatable bonds is 4. The van der Waals surface area contributed by atoms with E-state index in [1.165, 1.54) is 21.8 Å². The van der Waals surface area contributed by atoms with Gasteiger partial charge in [0.2, 0.25) is 5.78 Å². The van der Waals surface area contributed by atoms with Crippen molar-refractivity contribution in [3.8, 4) is 0 Å². The molecule has 0 bridgehead atoms. The first kappa shape index (κ1) is 19.7. The van der Waals surface area contributed by atoms with Gasteiger partial charge in [0, 0.05) is 16.9 Å². The summed E-state index contributed by atoms with van der Waals surface area (Å²) in [7, 11) is -4.03. The zero-order chi connectivity index (χ0) is 20.6. The fourth-order valence-electron chi connectivity index (χ4n) is 3.11. The first-order chi connectivity index (χ1) is 13.9. The molecule has 0 radical (unpaired) electrons. The average Bonchev–Trinajstić information content (AvgIpc) is 3.18. The van der Waals surface area contributed by atoms with Crippen LogP contribution in [0.15, 0.2) is 71.1 Å². The van der Waals surface area contributed by atoms with Crippen molar-refractivity contribution in [2.24, 2.45) is 0 Å². The number of sulfonamides is 1. The zero-order valence-corrected chi connectivity index (χ0v) is 17.8. The van der Waals surface area contributed by atoms with Crippen molar-refractivity contribution in [2.45, 2.75) is 13.5 Å². The largest absolute Gasteiger partial charge is 0.360 e. The van der Waals surface area contributed by atoms with E-state index in [-0.39, 0.29) is 11.4 Å². The van der Waals surface area contributed by atoms with Gasteiger partial charge in [-0.15, -0.1) is 11.3 Å². The summed E-state index contributed by atoms with van der Waals surface area (Å²) in [6, 6.07) is 16.2. The molecule has 1 aromatic heterocycles. The summed E-state index contributed by atoms with van der Waals surface area (Å²) in [5.41, 5.74) is 2.66. The molecule has 8 heteroatoms. The highest BCUT2D eigenvalue weighted by molar-refractivity contribution is 7.97. The Labute approximate surface area is 178 Å². The van der Waals surface area contributed by atoms with Gasteiger partial charge in [-0.25, -0.2) is 8.42 Å². The van der Waals surface area contributed by atoms with E-state index in [9.17, 15) is 13.2 Å². The monoisotopic (exact) mass is 444 g/mol. The molecule has 148 valence electrons. The van der Waals surface area contributed by atoms with Crippen LogP contribution in [-0.4, -0.2) is 14.2 Å². The number of hydrogen-bond acceptors (Lipinski definition) is 5. The minimum absolute atomic E-state index is 0.147. The maximum Gasteiger partial charge on any atom is 0.270 e. The first-order valence-electron chi connectivity index (χ1n) is 8.80. The second-order valence-electron chi connectivity index (χ2n) is 6.53. The quantitative estimate of drug-likeness (QED) is 0.562. The van der Waals surface area contributed by atoms with Crippen LogP contribution in [0.5, 0.6) is 0 Å². The van der Waals surface area contributed by atoms with E-state index in [0.29, 0.717) is 21.3 Å². The molecule has 0 saturated carbocycles. The SMILES string of the molecule is Cc1c(Cl)cccc1N/C=C1/C(=O)c2sccc2N(Cc2ccccc2)S1(=O)=O. The summed E-state index contributed by atoms with van der Waals surface area (Å²) in [5, 5.41) is 5.23. The maximum atomic E-state index is 13.3. The lowest BCUT2D eigenvalue weighted by molar-refractivity contribution is 0.104. The minimum Gasteiger partial charge on any atom is -0.360 e. The van der Waals surface area contributed by atoms with E-state index in [1.807, 2.05) is 37.3 Å². The Morgan fingerprint density at radius 3 is 2.62 bits per heavy atom. The van der Waals surface area contributed by atoms with Gasteiger partial charge in [0.05, 0.1) is 12.2 Å². The molecule has 0 atom stereocenters. The van der Waals surface area contributed by atoms with Crippen molar-refractivity contribution in [3.63, 3.8) is 0 Å². The van der Waals surface area contributed by atoms with Crippen LogP contribution in [0.25, 0.3) is 0 Å². The molecule has 1 aliphatic heterocycles. The van der Waals surface area contributed by atoms with Crippen LogP contribution in [0.4, 0.5) is 11.4 Å². The summed E-state index contributed by atoms with van der Waals surface area (Å²) in [6.45, 7) is 1.97. The Bertz CT molecular complexity index is 1220. The Balaban J connectivity index is 1.77. The van der Waals surface area contributed by atoms with Crippen LogP contribution >= 0.6 is 22.9 Å². The number of anilines is 2. The number of nitrogens with zero attached hydrogens (tertiary/aromatic N) is 1. The Morgan fingerprint density at radius 2 is 1.86 bits per heavy atom. The smallest absolute Gasteiger partial charge is 0.270 e. The van der Waals surface area contributed by atoms with Crippen LogP contribution in [0.1, 0.15) is 20.8 Å². The van der Waals surface area contributed by atoms with Gasteiger partial charge in [-0.1, -0.05) is 48.0 Å². The summed E-state index contributed by atoms with van der Waals surface area (Å²) >= 11 is 7.37. The van der Waals surface area contributed by atoms with E-state index in [0.717, 1.165) is 11.1 Å². The number of nitrogens with one attached hydrogen (secondary N) is 1. The van der Waals surface area contributed by atoms with E-state index in [1.54, 1.807) is 29.6 Å². The lowest BCUT2D eigenvalue weighted by Gasteiger charge is -2.29. The second-order valence-corrected chi connectivity index (χ2v) is 9.68. The molecule has 5 nitrogen and oxygen atoms in total. The van der Waals surface area contributed by atoms with Crippen LogP contribution in [-0.2, 0) is 16.6 Å². The third-order valence-corrected chi connectivity index (χ3v) is 7.78. The molecule has 2 heterocycles. The molecule has 2 aromatic carbocycles. The highest BCUT2D eigenvalue weighted by Gasteiger charge is 2.41. The number of fused-ring (bicyclic) bond motifs is 1. The highest BCUT2D eigenvalue weighted by Crippen LogP contribution is 2.39. The van der Waals surface area contributed by atoms with Gasteiger partial charge in [-0.3, -0.25) is 9.10 Å². The van der Waals surface area contributed by atoms with Crippen LogP contribution < -0.4 is 9.62 Å². The van der Waals surface area contributed by atoms with Crippen molar-refractivity contribution in [3.05, 3.63) is 92.1 Å². The van der Waals surface area contributed by atoms with Crippen LogP contribution in [0, 0.1) is 6.92 Å². The first-order valence-corrected chi connectivity index (χ1v) is 11.5. The number of Topliss-reactive ketones (excluding diaryl/α,β-unsaturated/α-hetero) is 1. The predicted octanol–water partition coefficient (Wildman–Crippen LogP) is 5.20. The lowest BCUT2D eigenvalue weighted by atomic mass is 10.2. The van der Waals surface area contributed by atoms with E-state index >= 15 is 0 Å². The fourth-order valence-corrected chi connectivity index (χ4v) is 5.77. The number of carbonyl (C=O) groups excluding carboxylic acids is 1. The topological polar surface area (TPSA) is 66.5 Å². The van der Waals surface area contributed by atoms with Gasteiger partial charge in [-0.05, 0) is 41.6 Å². The van der Waals surface area contributed by atoms with E-state index < -0.39 is 15.8 Å². The number of thiophene rings is 1. The van der Waals surface area contributed by atoms with Crippen molar-refractivity contribution < 1.29 is 13.2 Å². The van der Waals surface area contributed by atoms with E-state index in [2.05, 4.69) is 5.32 Å². The van der Waals surface area contributed by atoms with Crippen molar-refractivity contribution >= 4 is 50.1 Å². The van der Waals surface area contributed by atoms with Gasteiger partial charge >= 0.3 is 0 Å². The normalized spacial score (nSPS) is 16.7. The van der Waals surface area contributed by atoms with E-state index in [4.69, 9.17) is 11.6 Å². The molecule has 0 aliphatic carbocycles. The highest BCUT2D eigenvalue weighted by atomic mass is 35.5. The predicted molar refractivity (Wildman–Crippen MR) is 118 cm³/mol. The molecule has 0 unspecified atom stereocenters. The molecular formula is C21H17ClN2O3S2. The molecule has 1 N–H and O–H groups in total. The Kier molecular flexibility index (Phi) is 5.21. The van der Waals surface area contributed by atoms with Gasteiger partial charge < -0.3 is 5.32 Å². The second kappa shape index (κ2) is 7.67. The summed E-state index contributed by atoms with van der Waals surface area (Å²) < 4.78 is 28.0. The molecule has 0 saturated heterocycles. The number of halogens is 1. The molecule has 3 aromatic rings. The molecule has 0 spiro atoms. The van der Waals surface area contributed by atoms with Crippen LogP contribution in [0.3, 0.4) is 0 Å². The number of allylic oxidation sites excluding steroid dienone is 1. The molecule has 1 aliphatic rings. The average molecular weight is 445 g/mol. The molecule has 29 heavy (non-hydrogen) atoms. The van der Waals surface area contributed by atoms with Gasteiger partial charge in [0.15, 0.2) is 4.91 Å². The molecule has 0 fully saturated rings. The van der Waals surface area contributed by atoms with Crippen molar-refractivity contribution in [2.75, 3.05) is 9.62 Å². The third-order valence-electron chi connectivity index (χ3n) is 4.71. The molecule has 4 rings (SSSR count). The summed E-state index contributed by atoms with van der Waals surface area (Å²) in [4.78, 5) is 13.1. The Morgan fingerprint density at radius 1 is 1.10 bits per heavy atom. The summed E-state index contributed by atoms with van der Waals surface area (Å²) in [6.07, 6.45) is 1.26. The van der Waals surface area contributed by atoms with Gasteiger partial charge in [0.25, 0.3) is 10.0 Å². The van der Waals surface area contributed by atoms with Crippen molar-refractivity contribution in [1.82, 2.24) is 0 Å². The zero-order valence-electron chi connectivity index (χ0n) is 15.4. The van der Waals surface area contributed by atoms with Crippen molar-refractivity contribution in [1.29, 1.82) is 0 Å². The maximum absolute atomic E-state index is 13.3. The fraction of sp³-hybridized carbons (Fsp3) is 0.0952. The number of ketones is 1. The third kappa shape index (κ3) is 3.57. The lowest BCUT2D eigenvalue weighted by Crippen LogP contribution is -2.38. The number of benzene rings is 2. The minimum atomic E-state index is -4.03. The van der Waals surface area contributed by atoms with Gasteiger partial charge in [-0.2, -0.15) is 0 Å². The summed E-state index contributed by atoms with van der Waals surface area (Å²) in [5.74, 6) is -0.508. The van der Waals surface area contributed by atoms with Crippen LogP contribution in [0.2, 0.25) is 5.02 Å².